The second-order valence-corrected chi connectivity index (χ2v) is 6.11. The van der Waals surface area contributed by atoms with Gasteiger partial charge in [0.05, 0.1) is 0 Å². The molecule has 2 aliphatic rings. The predicted octanol–water partition coefficient (Wildman–Crippen LogP) is 0.503. The Morgan fingerprint density at radius 1 is 1.32 bits per heavy atom. The molecule has 0 aromatic heterocycles. The molecule has 2 rings (SSSR count). The minimum atomic E-state index is -0.710. The van der Waals surface area contributed by atoms with Gasteiger partial charge in [0, 0.05) is 19.5 Å². The SMILES string of the molecule is CC1(C)C(=O)NCCN1C(=O)C[C@H]1CCCNCC1. The van der Waals surface area contributed by atoms with E-state index in [0.29, 0.717) is 25.4 Å². The first-order valence-corrected chi connectivity index (χ1v) is 7.31. The molecular weight excluding hydrogens is 242 g/mol. The van der Waals surface area contributed by atoms with Crippen LogP contribution >= 0.6 is 0 Å². The molecule has 2 heterocycles. The summed E-state index contributed by atoms with van der Waals surface area (Å²) >= 11 is 0. The topological polar surface area (TPSA) is 61.4 Å². The summed E-state index contributed by atoms with van der Waals surface area (Å²) in [4.78, 5) is 26.1. The lowest BCUT2D eigenvalue weighted by atomic mass is 9.93. The van der Waals surface area contributed by atoms with Crippen LogP contribution in [0.2, 0.25) is 0 Å². The van der Waals surface area contributed by atoms with Crippen LogP contribution in [0.5, 0.6) is 0 Å². The number of nitrogens with one attached hydrogen (secondary N) is 2. The van der Waals surface area contributed by atoms with Crippen LogP contribution in [-0.4, -0.2) is 48.4 Å². The smallest absolute Gasteiger partial charge is 0.245 e. The minimum Gasteiger partial charge on any atom is -0.352 e. The maximum Gasteiger partial charge on any atom is 0.245 e. The van der Waals surface area contributed by atoms with Gasteiger partial charge in [-0.1, -0.05) is 0 Å². The Kier molecular flexibility index (Phi) is 4.45. The second kappa shape index (κ2) is 5.90. The van der Waals surface area contributed by atoms with E-state index in [1.165, 1.54) is 0 Å². The van der Waals surface area contributed by atoms with Crippen molar-refractivity contribution in [2.75, 3.05) is 26.2 Å². The predicted molar refractivity (Wildman–Crippen MR) is 73.6 cm³/mol. The molecule has 19 heavy (non-hydrogen) atoms. The van der Waals surface area contributed by atoms with E-state index >= 15 is 0 Å². The molecule has 0 spiro atoms. The summed E-state index contributed by atoms with van der Waals surface area (Å²) in [6.07, 6.45) is 3.89. The first-order valence-electron chi connectivity index (χ1n) is 7.31. The van der Waals surface area contributed by atoms with Gasteiger partial charge in [0.2, 0.25) is 11.8 Å². The van der Waals surface area contributed by atoms with Gasteiger partial charge >= 0.3 is 0 Å². The van der Waals surface area contributed by atoms with Crippen LogP contribution in [0.25, 0.3) is 0 Å². The lowest BCUT2D eigenvalue weighted by Crippen LogP contribution is -2.63. The largest absolute Gasteiger partial charge is 0.352 e. The van der Waals surface area contributed by atoms with Gasteiger partial charge in [-0.3, -0.25) is 9.59 Å². The summed E-state index contributed by atoms with van der Waals surface area (Å²) < 4.78 is 0. The molecule has 2 fully saturated rings. The summed E-state index contributed by atoms with van der Waals surface area (Å²) in [6, 6.07) is 0. The molecule has 5 heteroatoms. The highest BCUT2D eigenvalue weighted by molar-refractivity contribution is 5.91. The Bertz CT molecular complexity index is 347. The maximum atomic E-state index is 12.5. The van der Waals surface area contributed by atoms with Crippen LogP contribution in [0.1, 0.15) is 39.5 Å². The number of amides is 2. The van der Waals surface area contributed by atoms with Gasteiger partial charge in [-0.25, -0.2) is 0 Å². The minimum absolute atomic E-state index is 0.0466. The van der Waals surface area contributed by atoms with Gasteiger partial charge in [-0.15, -0.1) is 0 Å². The molecule has 5 nitrogen and oxygen atoms in total. The van der Waals surface area contributed by atoms with Crippen molar-refractivity contribution in [2.45, 2.75) is 45.1 Å². The number of piperazine rings is 1. The fourth-order valence-corrected chi connectivity index (χ4v) is 2.99. The molecule has 0 aromatic carbocycles. The van der Waals surface area contributed by atoms with Crippen LogP contribution < -0.4 is 10.6 Å². The van der Waals surface area contributed by atoms with E-state index in [1.807, 2.05) is 13.8 Å². The highest BCUT2D eigenvalue weighted by atomic mass is 16.2. The number of carbonyl (C=O) groups excluding carboxylic acids is 2. The number of hydrogen-bond acceptors (Lipinski definition) is 3. The lowest BCUT2D eigenvalue weighted by molar-refractivity contribution is -0.149. The maximum absolute atomic E-state index is 12.5. The van der Waals surface area contributed by atoms with E-state index in [2.05, 4.69) is 10.6 Å². The molecule has 0 aromatic rings. The third-order valence-corrected chi connectivity index (χ3v) is 4.31. The standard InChI is InChI=1S/C14H25N3O2/c1-14(2)13(19)16-8-9-17(14)12(18)10-11-4-3-6-15-7-5-11/h11,15H,3-10H2,1-2H3,(H,16,19)/t11-/m0/s1. The molecule has 0 aliphatic carbocycles. The zero-order valence-electron chi connectivity index (χ0n) is 12.0. The van der Waals surface area contributed by atoms with Crippen molar-refractivity contribution in [1.29, 1.82) is 0 Å². The van der Waals surface area contributed by atoms with Crippen molar-refractivity contribution in [2.24, 2.45) is 5.92 Å². The van der Waals surface area contributed by atoms with Crippen LogP contribution in [0, 0.1) is 5.92 Å². The van der Waals surface area contributed by atoms with Gasteiger partial charge in [0.1, 0.15) is 5.54 Å². The Labute approximate surface area is 115 Å². The van der Waals surface area contributed by atoms with Gasteiger partial charge < -0.3 is 15.5 Å². The first-order chi connectivity index (χ1) is 9.01. The zero-order valence-corrected chi connectivity index (χ0v) is 12.0. The summed E-state index contributed by atoms with van der Waals surface area (Å²) in [5.41, 5.74) is -0.710. The van der Waals surface area contributed by atoms with Crippen molar-refractivity contribution in [1.82, 2.24) is 15.5 Å². The van der Waals surface area contributed by atoms with Crippen molar-refractivity contribution in [3.05, 3.63) is 0 Å². The van der Waals surface area contributed by atoms with E-state index in [0.717, 1.165) is 32.4 Å². The van der Waals surface area contributed by atoms with Crippen molar-refractivity contribution >= 4 is 11.8 Å². The second-order valence-electron chi connectivity index (χ2n) is 6.11. The average molecular weight is 267 g/mol. The Hall–Kier alpha value is -1.10. The normalized spacial score (nSPS) is 27.6. The fourth-order valence-electron chi connectivity index (χ4n) is 2.99. The zero-order chi connectivity index (χ0) is 13.9. The molecule has 2 saturated heterocycles. The Balaban J connectivity index is 1.96. The number of rotatable bonds is 2. The van der Waals surface area contributed by atoms with Crippen molar-refractivity contribution in [3.8, 4) is 0 Å². The quantitative estimate of drug-likeness (QED) is 0.766. The van der Waals surface area contributed by atoms with Crippen LogP contribution in [0.3, 0.4) is 0 Å². The van der Waals surface area contributed by atoms with E-state index in [4.69, 9.17) is 0 Å². The average Bonchev–Trinajstić information content (AvgIpc) is 2.61. The highest BCUT2D eigenvalue weighted by Gasteiger charge is 2.40. The number of nitrogens with zero attached hydrogens (tertiary/aromatic N) is 1. The molecule has 0 saturated carbocycles. The summed E-state index contributed by atoms with van der Waals surface area (Å²) in [5.74, 6) is 0.546. The molecular formula is C14H25N3O2. The van der Waals surface area contributed by atoms with E-state index in [9.17, 15) is 9.59 Å². The van der Waals surface area contributed by atoms with Gasteiger partial charge in [-0.05, 0) is 52.1 Å². The number of carbonyl (C=O) groups is 2. The van der Waals surface area contributed by atoms with Crippen molar-refractivity contribution in [3.63, 3.8) is 0 Å². The van der Waals surface area contributed by atoms with E-state index in [1.54, 1.807) is 4.90 Å². The molecule has 0 radical (unpaired) electrons. The third kappa shape index (κ3) is 3.26. The van der Waals surface area contributed by atoms with Gasteiger partial charge in [-0.2, -0.15) is 0 Å². The molecule has 0 unspecified atom stereocenters. The first kappa shape index (κ1) is 14.3. The highest BCUT2D eigenvalue weighted by Crippen LogP contribution is 2.23. The Morgan fingerprint density at radius 3 is 2.89 bits per heavy atom. The summed E-state index contributed by atoms with van der Waals surface area (Å²) in [6.45, 7) is 6.91. The summed E-state index contributed by atoms with van der Waals surface area (Å²) in [7, 11) is 0. The molecule has 2 amide bonds. The fraction of sp³-hybridized carbons (Fsp3) is 0.857. The molecule has 1 atom stereocenters. The Morgan fingerprint density at radius 2 is 2.11 bits per heavy atom. The lowest BCUT2D eigenvalue weighted by Gasteiger charge is -2.41. The van der Waals surface area contributed by atoms with Crippen molar-refractivity contribution < 1.29 is 9.59 Å². The van der Waals surface area contributed by atoms with E-state index in [-0.39, 0.29) is 11.8 Å². The molecule has 0 bridgehead atoms. The molecule has 2 aliphatic heterocycles. The van der Waals surface area contributed by atoms with Crippen LogP contribution in [-0.2, 0) is 9.59 Å². The number of hydrogen-bond donors (Lipinski definition) is 2. The monoisotopic (exact) mass is 267 g/mol. The third-order valence-electron chi connectivity index (χ3n) is 4.31. The van der Waals surface area contributed by atoms with Gasteiger partial charge in [0.15, 0.2) is 0 Å². The van der Waals surface area contributed by atoms with Crippen LogP contribution in [0.4, 0.5) is 0 Å². The van der Waals surface area contributed by atoms with E-state index < -0.39 is 5.54 Å². The summed E-state index contributed by atoms with van der Waals surface area (Å²) in [5, 5.41) is 6.19. The molecule has 108 valence electrons. The van der Waals surface area contributed by atoms with Crippen LogP contribution in [0.15, 0.2) is 0 Å². The molecule has 2 N–H and O–H groups in total. The van der Waals surface area contributed by atoms with Gasteiger partial charge in [0.25, 0.3) is 0 Å².